The molecule has 1 fully saturated rings. The number of amides is 1. The summed E-state index contributed by atoms with van der Waals surface area (Å²) in [4.78, 5) is 22.1. The van der Waals surface area contributed by atoms with Gasteiger partial charge in [-0.25, -0.2) is 9.37 Å². The molecule has 0 aliphatic carbocycles. The maximum atomic E-state index is 13.8. The zero-order chi connectivity index (χ0) is 24.9. The first kappa shape index (κ1) is 25.5. The number of aliphatic hydroxyl groups is 1. The van der Waals surface area contributed by atoms with E-state index in [1.165, 1.54) is 12.1 Å². The summed E-state index contributed by atoms with van der Waals surface area (Å²) in [5.74, 6) is 0.315. The van der Waals surface area contributed by atoms with Gasteiger partial charge in [-0.2, -0.15) is 0 Å². The number of likely N-dealkylation sites (N-methyl/N-ethyl adjacent to an activating group) is 1. The van der Waals surface area contributed by atoms with E-state index in [-0.39, 0.29) is 42.3 Å². The number of carbonyl (C=O) groups excluding carboxylic acids is 1. The second kappa shape index (κ2) is 11.5. The van der Waals surface area contributed by atoms with Crippen LogP contribution in [0.1, 0.15) is 37.0 Å². The first-order valence-electron chi connectivity index (χ1n) is 12.5. The van der Waals surface area contributed by atoms with E-state index in [9.17, 15) is 14.3 Å². The summed E-state index contributed by atoms with van der Waals surface area (Å²) in [6.07, 6.45) is 3.56. The van der Waals surface area contributed by atoms with Crippen molar-refractivity contribution in [1.29, 1.82) is 0 Å². The first-order valence-corrected chi connectivity index (χ1v) is 12.5. The highest BCUT2D eigenvalue weighted by atomic mass is 19.1. The fourth-order valence-corrected chi connectivity index (χ4v) is 4.90. The molecule has 2 aliphatic rings. The highest BCUT2D eigenvalue weighted by Gasteiger charge is 2.34. The number of fused-ring (bicyclic) bond motifs is 1. The molecule has 8 heteroatoms. The molecule has 7 nitrogen and oxygen atoms in total. The third-order valence-corrected chi connectivity index (χ3v) is 7.08. The van der Waals surface area contributed by atoms with E-state index in [2.05, 4.69) is 23.9 Å². The van der Waals surface area contributed by atoms with Gasteiger partial charge in [-0.3, -0.25) is 4.79 Å². The van der Waals surface area contributed by atoms with Gasteiger partial charge in [0.25, 0.3) is 5.91 Å². The lowest BCUT2D eigenvalue weighted by Gasteiger charge is -2.38. The summed E-state index contributed by atoms with van der Waals surface area (Å²) in [5.41, 5.74) is 1.60. The summed E-state index contributed by atoms with van der Waals surface area (Å²) < 4.78 is 25.7. The molecule has 4 rings (SSSR count). The number of halogens is 1. The number of carbonyl (C=O) groups is 1. The first-order chi connectivity index (χ1) is 16.9. The van der Waals surface area contributed by atoms with Crippen molar-refractivity contribution >= 4 is 5.91 Å². The smallest absolute Gasteiger partial charge is 0.259 e. The van der Waals surface area contributed by atoms with Crippen molar-refractivity contribution in [3.05, 3.63) is 47.9 Å². The predicted molar refractivity (Wildman–Crippen MR) is 132 cm³/mol. The van der Waals surface area contributed by atoms with Crippen LogP contribution in [-0.2, 0) is 4.74 Å². The maximum absolute atomic E-state index is 13.8. The number of benzene rings is 1. The Morgan fingerprint density at radius 1 is 1.23 bits per heavy atom. The number of rotatable bonds is 7. The Hall–Kier alpha value is -2.55. The molecule has 3 atom stereocenters. The number of aromatic nitrogens is 1. The molecule has 0 bridgehead atoms. The summed E-state index contributed by atoms with van der Waals surface area (Å²) in [5, 5.41) is 9.86. The summed E-state index contributed by atoms with van der Waals surface area (Å²) in [7, 11) is 2.10. The fourth-order valence-electron chi connectivity index (χ4n) is 4.90. The van der Waals surface area contributed by atoms with E-state index in [0.717, 1.165) is 32.6 Å². The van der Waals surface area contributed by atoms with Crippen LogP contribution < -0.4 is 4.74 Å². The third-order valence-electron chi connectivity index (χ3n) is 7.08. The minimum atomic E-state index is -0.353. The van der Waals surface area contributed by atoms with Crippen molar-refractivity contribution in [1.82, 2.24) is 14.8 Å². The van der Waals surface area contributed by atoms with Crippen LogP contribution in [0.2, 0.25) is 0 Å². The van der Waals surface area contributed by atoms with E-state index in [1.807, 2.05) is 6.92 Å². The Morgan fingerprint density at radius 2 is 2.00 bits per heavy atom. The van der Waals surface area contributed by atoms with Crippen molar-refractivity contribution in [2.24, 2.45) is 11.8 Å². The Morgan fingerprint density at radius 3 is 2.71 bits per heavy atom. The molecule has 0 radical (unpaired) electrons. The highest BCUT2D eigenvalue weighted by molar-refractivity contribution is 5.98. The summed E-state index contributed by atoms with van der Waals surface area (Å²) in [6.45, 7) is 7.52. The minimum Gasteiger partial charge on any atom is -0.472 e. The molecule has 1 aromatic heterocycles. The molecule has 1 saturated heterocycles. The lowest BCUT2D eigenvalue weighted by Crippen LogP contribution is -2.50. The van der Waals surface area contributed by atoms with Gasteiger partial charge >= 0.3 is 0 Å². The largest absolute Gasteiger partial charge is 0.472 e. The average Bonchev–Trinajstić information content (AvgIpc) is 2.86. The summed E-state index contributed by atoms with van der Waals surface area (Å²) >= 11 is 0. The second-order valence-corrected chi connectivity index (χ2v) is 9.99. The van der Waals surface area contributed by atoms with Crippen LogP contribution in [-0.4, -0.2) is 84.4 Å². The average molecular weight is 486 g/mol. The van der Waals surface area contributed by atoms with Crippen LogP contribution in [0.4, 0.5) is 4.39 Å². The zero-order valence-electron chi connectivity index (χ0n) is 20.8. The van der Waals surface area contributed by atoms with Gasteiger partial charge < -0.3 is 24.4 Å². The van der Waals surface area contributed by atoms with Crippen LogP contribution in [0.15, 0.2) is 36.5 Å². The lowest BCUT2D eigenvalue weighted by molar-refractivity contribution is 0.0254. The molecular weight excluding hydrogens is 449 g/mol. The molecular formula is C27H36FN3O4. The van der Waals surface area contributed by atoms with Crippen molar-refractivity contribution in [2.75, 3.05) is 46.5 Å². The third kappa shape index (κ3) is 6.18. The molecule has 35 heavy (non-hydrogen) atoms. The number of ether oxygens (including phenoxy) is 2. The van der Waals surface area contributed by atoms with E-state index in [4.69, 9.17) is 9.47 Å². The van der Waals surface area contributed by atoms with Crippen molar-refractivity contribution < 1.29 is 23.8 Å². The van der Waals surface area contributed by atoms with Crippen molar-refractivity contribution in [2.45, 2.75) is 38.8 Å². The van der Waals surface area contributed by atoms with Crippen LogP contribution in [0, 0.1) is 17.7 Å². The van der Waals surface area contributed by atoms with E-state index < -0.39 is 0 Å². The van der Waals surface area contributed by atoms with Crippen LogP contribution >= 0.6 is 0 Å². The normalized spacial score (nSPS) is 22.3. The van der Waals surface area contributed by atoms with Gasteiger partial charge in [0, 0.05) is 50.5 Å². The van der Waals surface area contributed by atoms with Gasteiger partial charge in [-0.05, 0) is 56.5 Å². The van der Waals surface area contributed by atoms with Crippen LogP contribution in [0.25, 0.3) is 11.1 Å². The van der Waals surface area contributed by atoms with Crippen LogP contribution in [0.5, 0.6) is 5.88 Å². The number of pyridine rings is 1. The predicted octanol–water partition coefficient (Wildman–Crippen LogP) is 3.47. The number of nitrogens with zero attached hydrogens (tertiary/aromatic N) is 3. The number of aliphatic hydroxyl groups excluding tert-OH is 1. The second-order valence-electron chi connectivity index (χ2n) is 9.99. The molecule has 1 aromatic carbocycles. The van der Waals surface area contributed by atoms with Gasteiger partial charge in [-0.15, -0.1) is 0 Å². The lowest BCUT2D eigenvalue weighted by atomic mass is 9.97. The monoisotopic (exact) mass is 485 g/mol. The molecule has 2 aromatic rings. The Bertz CT molecular complexity index is 1010. The van der Waals surface area contributed by atoms with Gasteiger partial charge in [-0.1, -0.05) is 19.1 Å². The molecule has 1 N–H and O–H groups in total. The minimum absolute atomic E-state index is 0.0305. The van der Waals surface area contributed by atoms with E-state index in [1.54, 1.807) is 29.3 Å². The standard InChI is InChI=1S/C27H36FN3O4/c1-18-14-31(19(2)17-32)27(33)24-12-22(21-5-4-6-23(28)11-21)13-29-26(24)35-25(18)16-30(3)15-20-7-9-34-10-8-20/h4-6,11-13,18-20,25,32H,7-10,14-17H2,1-3H3/t18-,19-,25-/m1/s1. The molecule has 190 valence electrons. The van der Waals surface area contributed by atoms with Gasteiger partial charge in [0.15, 0.2) is 0 Å². The summed E-state index contributed by atoms with van der Waals surface area (Å²) in [6, 6.07) is 7.58. The topological polar surface area (TPSA) is 75.1 Å². The van der Waals surface area contributed by atoms with Gasteiger partial charge in [0.2, 0.25) is 5.88 Å². The fraction of sp³-hybridized carbons (Fsp3) is 0.556. The van der Waals surface area contributed by atoms with Crippen molar-refractivity contribution in [3.63, 3.8) is 0 Å². The highest BCUT2D eigenvalue weighted by Crippen LogP contribution is 2.30. The molecule has 0 saturated carbocycles. The Labute approximate surface area is 206 Å². The number of hydrogen-bond donors (Lipinski definition) is 1. The quantitative estimate of drug-likeness (QED) is 0.648. The van der Waals surface area contributed by atoms with E-state index in [0.29, 0.717) is 35.7 Å². The molecule has 3 heterocycles. The molecule has 0 unspecified atom stereocenters. The Balaban J connectivity index is 1.62. The molecule has 2 aliphatic heterocycles. The van der Waals surface area contributed by atoms with Gasteiger partial charge in [0.05, 0.1) is 12.6 Å². The van der Waals surface area contributed by atoms with Crippen LogP contribution in [0.3, 0.4) is 0 Å². The molecule has 1 amide bonds. The number of hydrogen-bond acceptors (Lipinski definition) is 6. The Kier molecular flexibility index (Phi) is 8.36. The maximum Gasteiger partial charge on any atom is 0.259 e. The SMILES string of the molecule is C[C@@H]1CN([C@H](C)CO)C(=O)c2cc(-c3cccc(F)c3)cnc2O[C@@H]1CN(C)CC1CCOCC1. The van der Waals surface area contributed by atoms with Gasteiger partial charge in [0.1, 0.15) is 17.5 Å². The molecule has 0 spiro atoms. The van der Waals surface area contributed by atoms with Crippen molar-refractivity contribution in [3.8, 4) is 17.0 Å². The zero-order valence-corrected chi connectivity index (χ0v) is 20.8. The van der Waals surface area contributed by atoms with E-state index >= 15 is 0 Å².